The lowest BCUT2D eigenvalue weighted by molar-refractivity contribution is -0.209. The van der Waals surface area contributed by atoms with E-state index in [9.17, 15) is 22.8 Å². The van der Waals surface area contributed by atoms with Crippen LogP contribution >= 0.6 is 0 Å². The molecule has 0 saturated heterocycles. The molecule has 0 bridgehead atoms. The minimum atomic E-state index is -4.64. The fourth-order valence-electron chi connectivity index (χ4n) is 2.19. The molecule has 0 aromatic rings. The van der Waals surface area contributed by atoms with Gasteiger partial charge in [-0.15, -0.1) is 0 Å². The molecule has 0 aliphatic heterocycles. The van der Waals surface area contributed by atoms with E-state index in [2.05, 4.69) is 4.74 Å². The van der Waals surface area contributed by atoms with Crippen LogP contribution in [0.4, 0.5) is 13.2 Å². The van der Waals surface area contributed by atoms with E-state index in [1.165, 1.54) is 0 Å². The Labute approximate surface area is 170 Å². The summed E-state index contributed by atoms with van der Waals surface area (Å²) in [6.45, 7) is 11.9. The lowest BCUT2D eigenvalue weighted by Gasteiger charge is -2.49. The number of ether oxygens (including phenoxy) is 2. The molecule has 0 saturated carbocycles. The van der Waals surface area contributed by atoms with Crippen molar-refractivity contribution in [1.82, 2.24) is 0 Å². The van der Waals surface area contributed by atoms with Gasteiger partial charge in [0.1, 0.15) is 10.5 Å². The van der Waals surface area contributed by atoms with Crippen LogP contribution in [0.2, 0.25) is 19.6 Å². The summed E-state index contributed by atoms with van der Waals surface area (Å²) < 4.78 is 57.8. The number of esters is 2. The van der Waals surface area contributed by atoms with E-state index >= 15 is 0 Å². The molecule has 0 N–H and O–H groups in total. The van der Waals surface area contributed by atoms with Gasteiger partial charge in [0.25, 0.3) is 0 Å². The first-order valence-electron chi connectivity index (χ1n) is 8.79. The number of rotatable bonds is 10. The van der Waals surface area contributed by atoms with E-state index in [-0.39, 0.29) is 5.92 Å². The molecule has 0 rings (SSSR count). The number of carbonyl (C=O) groups excluding carboxylic acids is 2. The van der Waals surface area contributed by atoms with E-state index in [0.717, 1.165) is 6.08 Å². The smallest absolute Gasteiger partial charge is 0.422 e. The van der Waals surface area contributed by atoms with Gasteiger partial charge in [0, 0.05) is 17.6 Å². The molecule has 1 unspecified atom stereocenters. The quantitative estimate of drug-likeness (QED) is 0.214. The van der Waals surface area contributed by atoms with E-state index in [1.807, 2.05) is 47.3 Å². The van der Waals surface area contributed by atoms with Crippen molar-refractivity contribution in [3.8, 4) is 0 Å². The highest BCUT2D eigenvalue weighted by Gasteiger charge is 2.53. The van der Waals surface area contributed by atoms with Crippen LogP contribution in [0.5, 0.6) is 0 Å². The van der Waals surface area contributed by atoms with Crippen LogP contribution < -0.4 is 0 Å². The van der Waals surface area contributed by atoms with Crippen LogP contribution in [-0.2, 0) is 27.6 Å². The fraction of sp³-hybridized carbons (Fsp3) is 0.750. The van der Waals surface area contributed by atoms with Crippen molar-refractivity contribution in [3.05, 3.63) is 12.2 Å². The van der Waals surface area contributed by atoms with Gasteiger partial charge in [0.15, 0.2) is 14.9 Å². The maximum absolute atomic E-state index is 12.4. The highest BCUT2D eigenvalue weighted by molar-refractivity contribution is 6.70. The van der Waals surface area contributed by atoms with E-state index < -0.39 is 53.6 Å². The largest absolute Gasteiger partial charge is 0.463 e. The Hall–Kier alpha value is -0.959. The Balaban J connectivity index is 5.56. The Morgan fingerprint density at radius 3 is 2.00 bits per heavy atom. The minimum Gasteiger partial charge on any atom is -0.463 e. The van der Waals surface area contributed by atoms with Gasteiger partial charge in [0.2, 0.25) is 15.2 Å². The zero-order valence-corrected chi connectivity index (χ0v) is 22.1. The second kappa shape index (κ2) is 10.2. The van der Waals surface area contributed by atoms with Gasteiger partial charge in [-0.1, -0.05) is 27.7 Å². The number of alkyl halides is 3. The van der Waals surface area contributed by atoms with Gasteiger partial charge < -0.3 is 18.0 Å². The topological polar surface area (TPSA) is 71.1 Å². The molecule has 0 aliphatic carbocycles. The molecule has 0 radical (unpaired) electrons. The molecule has 0 heterocycles. The van der Waals surface area contributed by atoms with Crippen molar-refractivity contribution in [1.29, 1.82) is 0 Å². The lowest BCUT2D eigenvalue weighted by Crippen LogP contribution is -2.61. The molecular formula is C16H31F3O6Si3. The zero-order chi connectivity index (χ0) is 22.4. The molecule has 28 heavy (non-hydrogen) atoms. The molecule has 0 aliphatic rings. The third-order valence-corrected chi connectivity index (χ3v) is 8.19. The average Bonchev–Trinajstić information content (AvgIpc) is 2.48. The first kappa shape index (κ1) is 27.0. The minimum absolute atomic E-state index is 0.0710. The van der Waals surface area contributed by atoms with Crippen LogP contribution in [0.25, 0.3) is 0 Å². The second-order valence-corrected chi connectivity index (χ2v) is 16.2. The Bertz CT molecular complexity index is 573. The van der Waals surface area contributed by atoms with Crippen molar-refractivity contribution in [2.45, 2.75) is 58.9 Å². The van der Waals surface area contributed by atoms with Gasteiger partial charge in [-0.2, -0.15) is 13.2 Å². The van der Waals surface area contributed by atoms with E-state index in [4.69, 9.17) is 13.3 Å². The highest BCUT2D eigenvalue weighted by Crippen LogP contribution is 2.43. The highest BCUT2D eigenvalue weighted by atomic mass is 28.4. The Morgan fingerprint density at radius 2 is 1.61 bits per heavy atom. The van der Waals surface area contributed by atoms with Crippen LogP contribution in [0.1, 0.15) is 27.7 Å². The summed E-state index contributed by atoms with van der Waals surface area (Å²) in [6.07, 6.45) is -3.28. The first-order chi connectivity index (χ1) is 12.5. The monoisotopic (exact) mass is 460 g/mol. The van der Waals surface area contributed by atoms with Gasteiger partial charge in [-0.05, 0) is 25.6 Å². The van der Waals surface area contributed by atoms with Gasteiger partial charge in [-0.25, -0.2) is 9.59 Å². The first-order valence-corrected chi connectivity index (χ1v) is 14.3. The standard InChI is InChI=1S/C16H31F3O6Si3/c1-11(2)14(3,4)16(27-25-26,24-28(5,6)7)23-13(21)9-8-12(20)22-10-15(17,18)19/h8-9,11H,10,27H2,1-7,26H3. The molecule has 0 spiro atoms. The Kier molecular flexibility index (Phi) is 9.84. The van der Waals surface area contributed by atoms with Gasteiger partial charge in [0.05, 0.1) is 0 Å². The molecule has 0 amide bonds. The maximum atomic E-state index is 12.4. The number of hydrogen-bond donors (Lipinski definition) is 0. The van der Waals surface area contributed by atoms with Crippen molar-refractivity contribution in [2.75, 3.05) is 6.61 Å². The van der Waals surface area contributed by atoms with Gasteiger partial charge in [-0.3, -0.25) is 0 Å². The second-order valence-electron chi connectivity index (χ2n) is 8.25. The van der Waals surface area contributed by atoms with Crippen molar-refractivity contribution >= 4 is 40.5 Å². The zero-order valence-electron chi connectivity index (χ0n) is 17.7. The third kappa shape index (κ3) is 9.03. The van der Waals surface area contributed by atoms with Crippen molar-refractivity contribution < 1.29 is 40.8 Å². The molecule has 0 aromatic carbocycles. The summed E-state index contributed by atoms with van der Waals surface area (Å²) in [5.74, 6) is -2.12. The molecule has 6 nitrogen and oxygen atoms in total. The van der Waals surface area contributed by atoms with E-state index in [0.29, 0.717) is 16.6 Å². The molecule has 164 valence electrons. The SMILES string of the molecule is CC(C)C(C)(C)C(OC(=O)C=CC(=O)OCC(F)(F)F)(O[Si](C)(C)C)[SiH2]O[SiH3]. The van der Waals surface area contributed by atoms with Crippen molar-refractivity contribution in [2.24, 2.45) is 11.3 Å². The van der Waals surface area contributed by atoms with Crippen LogP contribution in [-0.4, -0.2) is 58.7 Å². The van der Waals surface area contributed by atoms with Crippen molar-refractivity contribution in [3.63, 3.8) is 0 Å². The average molecular weight is 461 g/mol. The predicted octanol–water partition coefficient (Wildman–Crippen LogP) is 1.76. The third-order valence-electron chi connectivity index (χ3n) is 4.23. The van der Waals surface area contributed by atoms with E-state index in [1.54, 1.807) is 0 Å². The molecule has 12 heteroatoms. The van der Waals surface area contributed by atoms with Crippen LogP contribution in [0, 0.1) is 11.3 Å². The maximum Gasteiger partial charge on any atom is 0.422 e. The summed E-state index contributed by atoms with van der Waals surface area (Å²) >= 11 is 0. The molecular weight excluding hydrogens is 429 g/mol. The summed E-state index contributed by atoms with van der Waals surface area (Å²) in [6, 6.07) is 0. The molecule has 0 aromatic heterocycles. The number of halogens is 3. The van der Waals surface area contributed by atoms with Crippen LogP contribution in [0.15, 0.2) is 12.2 Å². The molecule has 1 atom stereocenters. The summed E-state index contributed by atoms with van der Waals surface area (Å²) in [7, 11) is -3.21. The van der Waals surface area contributed by atoms with Crippen LogP contribution in [0.3, 0.4) is 0 Å². The number of hydrogen-bond acceptors (Lipinski definition) is 6. The lowest BCUT2D eigenvalue weighted by atomic mass is 9.80. The Morgan fingerprint density at radius 1 is 1.11 bits per heavy atom. The normalized spacial score (nSPS) is 16.1. The number of carbonyl (C=O) groups is 2. The fourth-order valence-corrected chi connectivity index (χ4v) is 7.52. The van der Waals surface area contributed by atoms with Gasteiger partial charge >= 0.3 is 18.1 Å². The predicted molar refractivity (Wildman–Crippen MR) is 108 cm³/mol. The summed E-state index contributed by atoms with van der Waals surface area (Å²) in [4.78, 5) is 23.7. The summed E-state index contributed by atoms with van der Waals surface area (Å²) in [5, 5.41) is 0. The molecule has 0 fully saturated rings. The summed E-state index contributed by atoms with van der Waals surface area (Å²) in [5.41, 5.74) is -1.87.